The van der Waals surface area contributed by atoms with Crippen molar-refractivity contribution >= 4 is 39.5 Å². The second kappa shape index (κ2) is 71.0. The van der Waals surface area contributed by atoms with Gasteiger partial charge in [0.2, 0.25) is 0 Å². The zero-order valence-corrected chi connectivity index (χ0v) is 68.3. The third kappa shape index (κ3) is 76.1. The van der Waals surface area contributed by atoms with E-state index in [1.54, 1.807) is 0 Å². The molecule has 3 N–H and O–H groups in total. The first-order valence-electron chi connectivity index (χ1n) is 42.2. The summed E-state index contributed by atoms with van der Waals surface area (Å²) < 4.78 is 68.7. The third-order valence-corrected chi connectivity index (χ3v) is 21.0. The molecule has 5 atom stereocenters. The lowest BCUT2D eigenvalue weighted by Crippen LogP contribution is -2.30. The summed E-state index contributed by atoms with van der Waals surface area (Å²) in [5.41, 5.74) is 0. The number of carbonyl (C=O) groups is 4. The molecule has 0 aliphatic carbocycles. The van der Waals surface area contributed by atoms with Gasteiger partial charge in [0.25, 0.3) is 0 Å². The number of phosphoric acid groups is 2. The fourth-order valence-electron chi connectivity index (χ4n) is 12.6. The first-order chi connectivity index (χ1) is 48.6. The number of rotatable bonds is 79. The molecular formula is C82H160O17P2. The van der Waals surface area contributed by atoms with Crippen LogP contribution < -0.4 is 0 Å². The van der Waals surface area contributed by atoms with Crippen molar-refractivity contribution in [2.45, 2.75) is 440 Å². The molecule has 3 unspecified atom stereocenters. The van der Waals surface area contributed by atoms with E-state index in [1.165, 1.54) is 218 Å². The van der Waals surface area contributed by atoms with Crippen LogP contribution in [0.15, 0.2) is 0 Å². The Kier molecular flexibility index (Phi) is 69.6. The average Bonchev–Trinajstić information content (AvgIpc) is 0.944. The predicted octanol–water partition coefficient (Wildman–Crippen LogP) is 24.4. The molecule has 19 heteroatoms. The van der Waals surface area contributed by atoms with Crippen molar-refractivity contribution in [2.75, 3.05) is 39.6 Å². The number of carbonyl (C=O) groups excluding carboxylic acids is 4. The van der Waals surface area contributed by atoms with Crippen molar-refractivity contribution in [1.29, 1.82) is 0 Å². The van der Waals surface area contributed by atoms with Crippen molar-refractivity contribution in [3.05, 3.63) is 0 Å². The largest absolute Gasteiger partial charge is 0.472 e. The molecule has 0 aliphatic heterocycles. The first kappa shape index (κ1) is 99.1. The SMILES string of the molecule is CC(C)CCCCCCCCCCCCCCCCCCC(=O)O[C@H](COC(=O)CCCCCCCCCC(C)C)COP(=O)(O)OCC(O)COP(=O)(O)OC[C@@H](COC(=O)CCCCCCCCCCCCCCCCC(C)C)OC(=O)CCCCCCCCCCCCCCC(C)C. The number of hydrogen-bond donors (Lipinski definition) is 3. The standard InChI is InChI=1S/C82H160O17P2/c1-72(2)58-50-42-34-27-21-15-11-9-10-12-18-25-31-39-48-56-64-81(86)99-78(69-93-80(85)63-55-47-41-33-37-45-53-61-75(7)8)71-97-101(90,91)95-67-76(83)66-94-100(88,89)96-70-77(98-82(87)65-57-49-40-32-26-20-19-23-29-36-44-52-60-74(5)6)68-92-79(84)62-54-46-38-30-24-17-14-13-16-22-28-35-43-51-59-73(3)4/h72-78,83H,9-71H2,1-8H3,(H,88,89)(H,90,91)/t76?,77-,78-/m1/s1. The van der Waals surface area contributed by atoms with Crippen molar-refractivity contribution in [3.63, 3.8) is 0 Å². The molecule has 0 radical (unpaired) electrons. The lowest BCUT2D eigenvalue weighted by molar-refractivity contribution is -0.161. The van der Waals surface area contributed by atoms with E-state index >= 15 is 0 Å². The molecule has 101 heavy (non-hydrogen) atoms. The number of esters is 4. The second-order valence-corrected chi connectivity index (χ2v) is 34.3. The summed E-state index contributed by atoms with van der Waals surface area (Å²) in [4.78, 5) is 73.1. The predicted molar refractivity (Wildman–Crippen MR) is 414 cm³/mol. The normalized spacial score (nSPS) is 14.0. The highest BCUT2D eigenvalue weighted by atomic mass is 31.2. The molecule has 0 heterocycles. The summed E-state index contributed by atoms with van der Waals surface area (Å²) in [5.74, 6) is 0.977. The molecule has 0 spiro atoms. The number of phosphoric ester groups is 2. The minimum atomic E-state index is -4.96. The van der Waals surface area contributed by atoms with E-state index in [0.29, 0.717) is 31.6 Å². The summed E-state index contributed by atoms with van der Waals surface area (Å²) >= 11 is 0. The summed E-state index contributed by atoms with van der Waals surface area (Å²) in [7, 11) is -9.92. The van der Waals surface area contributed by atoms with E-state index in [4.69, 9.17) is 37.0 Å². The van der Waals surface area contributed by atoms with E-state index in [9.17, 15) is 43.2 Å². The Morgan fingerprint density at radius 2 is 0.416 bits per heavy atom. The van der Waals surface area contributed by atoms with Crippen LogP contribution in [-0.2, 0) is 65.4 Å². The maximum atomic E-state index is 13.1. The highest BCUT2D eigenvalue weighted by molar-refractivity contribution is 7.47. The Morgan fingerprint density at radius 3 is 0.614 bits per heavy atom. The maximum Gasteiger partial charge on any atom is 0.472 e. The van der Waals surface area contributed by atoms with Crippen LogP contribution in [0.2, 0.25) is 0 Å². The van der Waals surface area contributed by atoms with Gasteiger partial charge in [-0.1, -0.05) is 370 Å². The molecule has 0 aromatic rings. The van der Waals surface area contributed by atoms with Crippen LogP contribution in [-0.4, -0.2) is 96.7 Å². The number of hydrogen-bond acceptors (Lipinski definition) is 15. The summed E-state index contributed by atoms with van der Waals surface area (Å²) in [5, 5.41) is 10.6. The van der Waals surface area contributed by atoms with Crippen molar-refractivity contribution in [3.8, 4) is 0 Å². The smallest absolute Gasteiger partial charge is 0.462 e. The van der Waals surface area contributed by atoms with Crippen LogP contribution in [0, 0.1) is 23.7 Å². The van der Waals surface area contributed by atoms with E-state index in [1.807, 2.05) is 0 Å². The van der Waals surface area contributed by atoms with Crippen molar-refractivity contribution in [2.24, 2.45) is 23.7 Å². The number of aliphatic hydroxyl groups is 1. The van der Waals surface area contributed by atoms with Crippen LogP contribution in [0.4, 0.5) is 0 Å². The van der Waals surface area contributed by atoms with Gasteiger partial charge in [-0.3, -0.25) is 37.3 Å². The Hall–Kier alpha value is -1.94. The lowest BCUT2D eigenvalue weighted by atomic mass is 10.0. The molecule has 0 aliphatic rings. The van der Waals surface area contributed by atoms with E-state index < -0.39 is 97.5 Å². The van der Waals surface area contributed by atoms with Crippen molar-refractivity contribution < 1.29 is 80.2 Å². The van der Waals surface area contributed by atoms with Gasteiger partial charge in [-0.15, -0.1) is 0 Å². The van der Waals surface area contributed by atoms with E-state index in [0.717, 1.165) is 114 Å². The summed E-state index contributed by atoms with van der Waals surface area (Å²) in [6.07, 6.45) is 58.3. The van der Waals surface area contributed by atoms with Gasteiger partial charge in [0.15, 0.2) is 12.2 Å². The molecule has 0 saturated heterocycles. The molecule has 0 aromatic carbocycles. The van der Waals surface area contributed by atoms with Crippen LogP contribution in [0.25, 0.3) is 0 Å². The molecule has 0 aromatic heterocycles. The van der Waals surface area contributed by atoms with Gasteiger partial charge in [-0.05, 0) is 49.4 Å². The maximum absolute atomic E-state index is 13.1. The van der Waals surface area contributed by atoms with Gasteiger partial charge in [-0.25, -0.2) is 9.13 Å². The summed E-state index contributed by atoms with van der Waals surface area (Å²) in [6, 6.07) is 0. The quantitative estimate of drug-likeness (QED) is 0.0222. The molecule has 600 valence electrons. The van der Waals surface area contributed by atoms with Crippen LogP contribution >= 0.6 is 15.6 Å². The minimum absolute atomic E-state index is 0.107. The Morgan fingerprint density at radius 1 is 0.248 bits per heavy atom. The van der Waals surface area contributed by atoms with Crippen LogP contribution in [0.3, 0.4) is 0 Å². The average molecular weight is 1480 g/mol. The first-order valence-corrected chi connectivity index (χ1v) is 45.2. The zero-order chi connectivity index (χ0) is 74.6. The lowest BCUT2D eigenvalue weighted by Gasteiger charge is -2.21. The zero-order valence-electron chi connectivity index (χ0n) is 66.5. The molecule has 17 nitrogen and oxygen atoms in total. The monoisotopic (exact) mass is 1480 g/mol. The van der Waals surface area contributed by atoms with Gasteiger partial charge >= 0.3 is 39.5 Å². The molecule has 0 saturated carbocycles. The highest BCUT2D eigenvalue weighted by Gasteiger charge is 2.30. The molecule has 0 amide bonds. The van der Waals surface area contributed by atoms with E-state index in [-0.39, 0.29) is 25.7 Å². The van der Waals surface area contributed by atoms with Gasteiger partial charge < -0.3 is 33.8 Å². The molecule has 0 bridgehead atoms. The third-order valence-electron chi connectivity index (χ3n) is 19.1. The topological polar surface area (TPSA) is 237 Å². The number of ether oxygens (including phenoxy) is 4. The molecular weight excluding hydrogens is 1320 g/mol. The molecule has 0 rings (SSSR count). The highest BCUT2D eigenvalue weighted by Crippen LogP contribution is 2.45. The Bertz CT molecular complexity index is 1970. The van der Waals surface area contributed by atoms with Crippen molar-refractivity contribution in [1.82, 2.24) is 0 Å². The minimum Gasteiger partial charge on any atom is -0.462 e. The molecule has 0 fully saturated rings. The Balaban J connectivity index is 5.23. The van der Waals surface area contributed by atoms with Gasteiger partial charge in [0.1, 0.15) is 19.3 Å². The van der Waals surface area contributed by atoms with Gasteiger partial charge in [0.05, 0.1) is 26.4 Å². The fraction of sp³-hybridized carbons (Fsp3) is 0.951. The van der Waals surface area contributed by atoms with E-state index in [2.05, 4.69) is 55.4 Å². The van der Waals surface area contributed by atoms with Crippen LogP contribution in [0.5, 0.6) is 0 Å². The van der Waals surface area contributed by atoms with Gasteiger partial charge in [-0.2, -0.15) is 0 Å². The number of unbranched alkanes of at least 4 members (excludes halogenated alkanes) is 45. The Labute approximate surface area is 619 Å². The second-order valence-electron chi connectivity index (χ2n) is 31.4. The fourth-order valence-corrected chi connectivity index (χ4v) is 14.2. The van der Waals surface area contributed by atoms with Gasteiger partial charge in [0, 0.05) is 25.7 Å². The number of aliphatic hydroxyl groups excluding tert-OH is 1. The van der Waals surface area contributed by atoms with Crippen LogP contribution in [0.1, 0.15) is 421 Å². The summed E-state index contributed by atoms with van der Waals surface area (Å²) in [6.45, 7) is 14.3.